The van der Waals surface area contributed by atoms with E-state index in [0.29, 0.717) is 34.4 Å². The maximum absolute atomic E-state index is 14.6. The standard InChI is InChI=1S/C24H29FN6O3/c1-14-7-15(2)12-31(11-14)24-27-10-18(25)22(29-24)28-17-5-6-19-16(8-17)9-20(23(33)30(19)4)34-13-21(32)26-3/h5-6,8-10,14-15H,7,11-13H2,1-4H3,(H,26,32)(H,27,28,29)/t14-,15+. The second-order valence-corrected chi connectivity index (χ2v) is 8.95. The molecule has 1 aromatic carbocycles. The normalized spacial score (nSPS) is 18.1. The van der Waals surface area contributed by atoms with Gasteiger partial charge in [0.05, 0.1) is 11.7 Å². The summed E-state index contributed by atoms with van der Waals surface area (Å²) in [5.74, 6) is 0.759. The molecule has 1 aliphatic heterocycles. The number of pyridine rings is 1. The molecule has 180 valence electrons. The molecule has 1 saturated heterocycles. The number of nitrogens with zero attached hydrogens (tertiary/aromatic N) is 4. The molecular weight excluding hydrogens is 439 g/mol. The molecule has 2 N–H and O–H groups in total. The highest BCUT2D eigenvalue weighted by Crippen LogP contribution is 2.27. The van der Waals surface area contributed by atoms with Gasteiger partial charge < -0.3 is 24.8 Å². The van der Waals surface area contributed by atoms with Gasteiger partial charge >= 0.3 is 0 Å². The van der Waals surface area contributed by atoms with Crippen molar-refractivity contribution in [1.29, 1.82) is 0 Å². The summed E-state index contributed by atoms with van der Waals surface area (Å²) in [7, 11) is 3.12. The highest BCUT2D eigenvalue weighted by molar-refractivity contribution is 5.85. The predicted molar refractivity (Wildman–Crippen MR) is 129 cm³/mol. The zero-order chi connectivity index (χ0) is 24.4. The number of ether oxygens (including phenoxy) is 1. The smallest absolute Gasteiger partial charge is 0.293 e. The van der Waals surface area contributed by atoms with E-state index in [2.05, 4.69) is 39.3 Å². The SMILES string of the molecule is CNC(=O)COc1cc2cc(Nc3nc(N4C[C@H](C)C[C@H](C)C4)ncc3F)ccc2n(C)c1=O. The van der Waals surface area contributed by atoms with Crippen LogP contribution in [0.25, 0.3) is 10.9 Å². The lowest BCUT2D eigenvalue weighted by Gasteiger charge is -2.35. The van der Waals surface area contributed by atoms with Crippen molar-refractivity contribution in [2.45, 2.75) is 20.3 Å². The number of halogens is 1. The third-order valence-electron chi connectivity index (χ3n) is 5.97. The van der Waals surface area contributed by atoms with Gasteiger partial charge in [0, 0.05) is 38.3 Å². The van der Waals surface area contributed by atoms with Crippen LogP contribution in [0.5, 0.6) is 5.75 Å². The van der Waals surface area contributed by atoms with Gasteiger partial charge in [-0.2, -0.15) is 4.98 Å². The van der Waals surface area contributed by atoms with Crippen molar-refractivity contribution in [1.82, 2.24) is 19.9 Å². The van der Waals surface area contributed by atoms with Crippen LogP contribution in [0.15, 0.2) is 35.3 Å². The predicted octanol–water partition coefficient (Wildman–Crippen LogP) is 2.82. The number of rotatable bonds is 6. The Hall–Kier alpha value is -3.69. The number of fused-ring (bicyclic) bond motifs is 1. The van der Waals surface area contributed by atoms with E-state index in [1.54, 1.807) is 31.3 Å². The maximum atomic E-state index is 14.6. The first-order valence-electron chi connectivity index (χ1n) is 11.3. The second kappa shape index (κ2) is 9.66. The van der Waals surface area contributed by atoms with E-state index in [1.807, 2.05) is 0 Å². The van der Waals surface area contributed by atoms with Crippen molar-refractivity contribution in [3.8, 4) is 5.75 Å². The Balaban J connectivity index is 1.62. The number of hydrogen-bond donors (Lipinski definition) is 2. The first kappa shape index (κ1) is 23.5. The minimum absolute atomic E-state index is 0.0552. The van der Waals surface area contributed by atoms with E-state index in [0.717, 1.165) is 19.5 Å². The summed E-state index contributed by atoms with van der Waals surface area (Å²) in [5.41, 5.74) is 0.906. The number of carbonyl (C=O) groups excluding carboxylic acids is 1. The summed E-state index contributed by atoms with van der Waals surface area (Å²) >= 11 is 0. The Bertz CT molecular complexity index is 1270. The summed E-state index contributed by atoms with van der Waals surface area (Å²) < 4.78 is 21.4. The number of hydrogen-bond acceptors (Lipinski definition) is 7. The zero-order valence-corrected chi connectivity index (χ0v) is 19.8. The molecule has 10 heteroatoms. The summed E-state index contributed by atoms with van der Waals surface area (Å²) in [6.07, 6.45) is 2.33. The topological polar surface area (TPSA) is 101 Å². The number of anilines is 3. The molecule has 1 amide bonds. The lowest BCUT2D eigenvalue weighted by Crippen LogP contribution is -2.39. The van der Waals surface area contributed by atoms with Gasteiger partial charge in [-0.1, -0.05) is 13.8 Å². The Morgan fingerprint density at radius 3 is 2.68 bits per heavy atom. The summed E-state index contributed by atoms with van der Waals surface area (Å²) in [4.78, 5) is 34.8. The monoisotopic (exact) mass is 468 g/mol. The third kappa shape index (κ3) is 4.95. The summed E-state index contributed by atoms with van der Waals surface area (Å²) in [5, 5.41) is 6.17. The lowest BCUT2D eigenvalue weighted by molar-refractivity contribution is -0.122. The Labute approximate surface area is 197 Å². The van der Waals surface area contributed by atoms with Crippen molar-refractivity contribution in [2.24, 2.45) is 18.9 Å². The quantitative estimate of drug-likeness (QED) is 0.574. The summed E-state index contributed by atoms with van der Waals surface area (Å²) in [6, 6.07) is 6.85. The summed E-state index contributed by atoms with van der Waals surface area (Å²) in [6.45, 7) is 5.79. The minimum atomic E-state index is -0.558. The van der Waals surface area contributed by atoms with Gasteiger partial charge in [-0.15, -0.1) is 0 Å². The van der Waals surface area contributed by atoms with Crippen LogP contribution in [0.2, 0.25) is 0 Å². The van der Waals surface area contributed by atoms with Crippen molar-refractivity contribution in [3.63, 3.8) is 0 Å². The molecule has 0 radical (unpaired) electrons. The van der Waals surface area contributed by atoms with Gasteiger partial charge in [-0.05, 0) is 42.5 Å². The lowest BCUT2D eigenvalue weighted by atomic mass is 9.92. The van der Waals surface area contributed by atoms with E-state index in [4.69, 9.17) is 4.74 Å². The fraction of sp³-hybridized carbons (Fsp3) is 0.417. The van der Waals surface area contributed by atoms with Gasteiger partial charge in [0.2, 0.25) is 5.95 Å². The molecule has 0 aliphatic carbocycles. The molecule has 3 aromatic rings. The molecule has 9 nitrogen and oxygen atoms in total. The van der Waals surface area contributed by atoms with Crippen molar-refractivity contribution < 1.29 is 13.9 Å². The largest absolute Gasteiger partial charge is 0.478 e. The van der Waals surface area contributed by atoms with Crippen LogP contribution in [0.1, 0.15) is 20.3 Å². The molecule has 4 rings (SSSR count). The van der Waals surface area contributed by atoms with Crippen LogP contribution in [-0.4, -0.2) is 47.2 Å². The fourth-order valence-electron chi connectivity index (χ4n) is 4.41. The molecule has 3 heterocycles. The van der Waals surface area contributed by atoms with Crippen LogP contribution in [0, 0.1) is 17.7 Å². The third-order valence-corrected chi connectivity index (χ3v) is 5.97. The first-order chi connectivity index (χ1) is 16.2. The molecule has 1 aliphatic rings. The Morgan fingerprint density at radius 1 is 1.24 bits per heavy atom. The highest BCUT2D eigenvalue weighted by atomic mass is 19.1. The van der Waals surface area contributed by atoms with E-state index in [1.165, 1.54) is 17.8 Å². The average Bonchev–Trinajstić information content (AvgIpc) is 2.81. The van der Waals surface area contributed by atoms with Crippen molar-refractivity contribution in [3.05, 3.63) is 46.6 Å². The number of aromatic nitrogens is 3. The van der Waals surface area contributed by atoms with Gasteiger partial charge in [-0.3, -0.25) is 9.59 Å². The maximum Gasteiger partial charge on any atom is 0.293 e. The van der Waals surface area contributed by atoms with Crippen molar-refractivity contribution in [2.75, 3.05) is 37.0 Å². The van der Waals surface area contributed by atoms with Gasteiger partial charge in [0.1, 0.15) is 0 Å². The Kier molecular flexibility index (Phi) is 6.67. The second-order valence-electron chi connectivity index (χ2n) is 8.95. The van der Waals surface area contributed by atoms with Crippen molar-refractivity contribution >= 4 is 34.3 Å². The highest BCUT2D eigenvalue weighted by Gasteiger charge is 2.24. The van der Waals surface area contributed by atoms with Crippen LogP contribution >= 0.6 is 0 Å². The van der Waals surface area contributed by atoms with E-state index in [-0.39, 0.29) is 29.6 Å². The number of amides is 1. The van der Waals surface area contributed by atoms with Gasteiger partial charge in [-0.25, -0.2) is 9.37 Å². The number of likely N-dealkylation sites (N-methyl/N-ethyl adjacent to an activating group) is 1. The molecule has 0 saturated carbocycles. The van der Waals surface area contributed by atoms with Crippen LogP contribution in [0.4, 0.5) is 21.8 Å². The van der Waals surface area contributed by atoms with Crippen LogP contribution < -0.4 is 25.8 Å². The van der Waals surface area contributed by atoms with Crippen LogP contribution in [0.3, 0.4) is 0 Å². The number of carbonyl (C=O) groups is 1. The Morgan fingerprint density at radius 2 is 1.97 bits per heavy atom. The van der Waals surface area contributed by atoms with E-state index in [9.17, 15) is 14.0 Å². The van der Waals surface area contributed by atoms with Gasteiger partial charge in [0.25, 0.3) is 11.5 Å². The van der Waals surface area contributed by atoms with E-state index >= 15 is 0 Å². The number of aryl methyl sites for hydroxylation is 1. The molecule has 0 spiro atoms. The number of benzene rings is 1. The van der Waals surface area contributed by atoms with Gasteiger partial charge in [0.15, 0.2) is 24.0 Å². The molecule has 2 aromatic heterocycles. The first-order valence-corrected chi connectivity index (χ1v) is 11.3. The molecule has 0 unspecified atom stereocenters. The number of piperidine rings is 1. The zero-order valence-electron chi connectivity index (χ0n) is 19.8. The minimum Gasteiger partial charge on any atom is -0.478 e. The number of nitrogens with one attached hydrogen (secondary N) is 2. The fourth-order valence-corrected chi connectivity index (χ4v) is 4.41. The molecular formula is C24H29FN6O3. The molecule has 34 heavy (non-hydrogen) atoms. The molecule has 0 bridgehead atoms. The average molecular weight is 469 g/mol. The molecule has 2 atom stereocenters. The van der Waals surface area contributed by atoms with Crippen LogP contribution in [-0.2, 0) is 11.8 Å². The van der Waals surface area contributed by atoms with E-state index < -0.39 is 5.82 Å². The molecule has 1 fully saturated rings.